The van der Waals surface area contributed by atoms with Gasteiger partial charge in [-0.1, -0.05) is 6.07 Å². The Morgan fingerprint density at radius 1 is 1.00 bits per heavy atom. The Balaban J connectivity index is 1.53. The molecule has 0 bridgehead atoms. The van der Waals surface area contributed by atoms with Crippen LogP contribution in [0.15, 0.2) is 46.9 Å². The highest BCUT2D eigenvalue weighted by atomic mass is 79.9. The molecule has 1 N–H and O–H groups in total. The van der Waals surface area contributed by atoms with E-state index in [4.69, 9.17) is 0 Å². The highest BCUT2D eigenvalue weighted by Gasteiger charge is 2.21. The van der Waals surface area contributed by atoms with E-state index in [1.165, 1.54) is 24.3 Å². The van der Waals surface area contributed by atoms with E-state index >= 15 is 0 Å². The Morgan fingerprint density at radius 3 is 2.28 bits per heavy atom. The predicted molar refractivity (Wildman–Crippen MR) is 111 cm³/mol. The van der Waals surface area contributed by atoms with Gasteiger partial charge in [0.15, 0.2) is 0 Å². The number of hydrogen-bond acceptors (Lipinski definition) is 7. The minimum Gasteiger partial charge on any atom is -0.369 e. The highest BCUT2D eigenvalue weighted by Crippen LogP contribution is 2.27. The molecule has 29 heavy (non-hydrogen) atoms. The largest absolute Gasteiger partial charge is 0.369 e. The molecule has 152 valence electrons. The quantitative estimate of drug-likeness (QED) is 0.515. The molecular formula is C18H18BrN5O5. The molecule has 0 radical (unpaired) electrons. The van der Waals surface area contributed by atoms with Crippen LogP contribution in [-0.2, 0) is 4.79 Å². The van der Waals surface area contributed by atoms with Crippen molar-refractivity contribution in [2.24, 2.45) is 0 Å². The van der Waals surface area contributed by atoms with Gasteiger partial charge in [0.1, 0.15) is 0 Å². The summed E-state index contributed by atoms with van der Waals surface area (Å²) >= 11 is 3.23. The summed E-state index contributed by atoms with van der Waals surface area (Å²) in [4.78, 5) is 37.2. The van der Waals surface area contributed by atoms with Gasteiger partial charge in [-0.3, -0.25) is 29.9 Å². The minimum absolute atomic E-state index is 0.0537. The number of piperazine rings is 1. The number of rotatable bonds is 6. The fourth-order valence-corrected chi connectivity index (χ4v) is 3.55. The summed E-state index contributed by atoms with van der Waals surface area (Å²) in [5.41, 5.74) is 1.25. The number of nitro groups is 2. The van der Waals surface area contributed by atoms with E-state index in [2.05, 4.69) is 21.2 Å². The van der Waals surface area contributed by atoms with E-state index in [-0.39, 0.29) is 23.8 Å². The lowest BCUT2D eigenvalue weighted by atomic mass is 10.2. The maximum atomic E-state index is 12.3. The Bertz CT molecular complexity index is 946. The summed E-state index contributed by atoms with van der Waals surface area (Å²) in [6.45, 7) is 2.76. The number of non-ortho nitro benzene ring substituents is 2. The number of nitrogens with zero attached hydrogens (tertiary/aromatic N) is 4. The summed E-state index contributed by atoms with van der Waals surface area (Å²) in [7, 11) is 0. The number of anilines is 2. The molecule has 2 aromatic carbocycles. The van der Waals surface area contributed by atoms with Crippen LogP contribution in [0, 0.1) is 20.2 Å². The van der Waals surface area contributed by atoms with Crippen LogP contribution in [0.2, 0.25) is 0 Å². The van der Waals surface area contributed by atoms with Crippen molar-refractivity contribution in [3.05, 3.63) is 67.2 Å². The molecule has 0 aliphatic carbocycles. The molecule has 2 aromatic rings. The van der Waals surface area contributed by atoms with Crippen molar-refractivity contribution < 1.29 is 14.6 Å². The first-order valence-corrected chi connectivity index (χ1v) is 9.58. The molecule has 0 spiro atoms. The van der Waals surface area contributed by atoms with Crippen LogP contribution in [0.5, 0.6) is 0 Å². The van der Waals surface area contributed by atoms with Gasteiger partial charge in [0, 0.05) is 60.6 Å². The molecular weight excluding hydrogens is 446 g/mol. The van der Waals surface area contributed by atoms with Gasteiger partial charge in [-0.15, -0.1) is 0 Å². The maximum Gasteiger partial charge on any atom is 0.271 e. The molecule has 1 heterocycles. The Morgan fingerprint density at radius 2 is 1.66 bits per heavy atom. The van der Waals surface area contributed by atoms with E-state index in [0.717, 1.165) is 5.69 Å². The fraction of sp³-hybridized carbons (Fsp3) is 0.278. The van der Waals surface area contributed by atoms with E-state index in [1.807, 2.05) is 15.9 Å². The van der Waals surface area contributed by atoms with Crippen molar-refractivity contribution in [2.75, 3.05) is 42.9 Å². The molecule has 1 aliphatic rings. The monoisotopic (exact) mass is 463 g/mol. The van der Waals surface area contributed by atoms with Gasteiger partial charge in [0.2, 0.25) is 5.91 Å². The molecule has 1 aliphatic heterocycles. The number of carbonyl (C=O) groups is 1. The summed E-state index contributed by atoms with van der Waals surface area (Å²) in [6, 6.07) is 10.7. The number of benzene rings is 2. The summed E-state index contributed by atoms with van der Waals surface area (Å²) in [5.74, 6) is -0.219. The molecule has 3 rings (SSSR count). The topological polar surface area (TPSA) is 122 Å². The zero-order valence-corrected chi connectivity index (χ0v) is 16.9. The lowest BCUT2D eigenvalue weighted by Gasteiger charge is -2.35. The maximum absolute atomic E-state index is 12.3. The van der Waals surface area contributed by atoms with Gasteiger partial charge < -0.3 is 10.2 Å². The minimum atomic E-state index is -0.503. The number of carbonyl (C=O) groups excluding carboxylic acids is 1. The van der Waals surface area contributed by atoms with Crippen LogP contribution >= 0.6 is 15.9 Å². The number of nitro benzene ring substituents is 2. The third-order valence-electron chi connectivity index (χ3n) is 4.58. The zero-order valence-electron chi connectivity index (χ0n) is 15.3. The molecule has 0 aromatic heterocycles. The van der Waals surface area contributed by atoms with Crippen LogP contribution in [0.1, 0.15) is 0 Å². The van der Waals surface area contributed by atoms with Crippen molar-refractivity contribution in [3.63, 3.8) is 0 Å². The molecule has 11 heteroatoms. The number of nitrogens with one attached hydrogen (secondary N) is 1. The first-order valence-electron chi connectivity index (χ1n) is 8.79. The van der Waals surface area contributed by atoms with Crippen LogP contribution in [-0.4, -0.2) is 53.4 Å². The van der Waals surface area contributed by atoms with Gasteiger partial charge in [0.25, 0.3) is 11.4 Å². The fourth-order valence-electron chi connectivity index (χ4n) is 3.08. The third-order valence-corrected chi connectivity index (χ3v) is 5.24. The molecule has 1 fully saturated rings. The van der Waals surface area contributed by atoms with Crippen LogP contribution in [0.25, 0.3) is 0 Å². The number of hydrogen-bond donors (Lipinski definition) is 1. The van der Waals surface area contributed by atoms with Crippen molar-refractivity contribution in [1.82, 2.24) is 4.90 Å². The van der Waals surface area contributed by atoms with Crippen molar-refractivity contribution in [3.8, 4) is 0 Å². The SMILES string of the molecule is O=C(CN1CCN(c2cccc([N+](=O)[O-])c2)CC1)Nc1ccc([N+](=O)[O-])cc1Br. The highest BCUT2D eigenvalue weighted by molar-refractivity contribution is 9.10. The zero-order chi connectivity index (χ0) is 21.0. The Hall–Kier alpha value is -3.05. The van der Waals surface area contributed by atoms with Gasteiger partial charge in [0.05, 0.1) is 22.1 Å². The van der Waals surface area contributed by atoms with Gasteiger partial charge >= 0.3 is 0 Å². The van der Waals surface area contributed by atoms with Crippen molar-refractivity contribution >= 4 is 44.6 Å². The van der Waals surface area contributed by atoms with E-state index in [9.17, 15) is 25.0 Å². The standard InChI is InChI=1S/C18H18BrN5O5/c19-16-11-15(24(28)29)4-5-17(16)20-18(25)12-21-6-8-22(9-7-21)13-2-1-3-14(10-13)23(26)27/h1-5,10-11H,6-9,12H2,(H,20,25). The average molecular weight is 464 g/mol. The third kappa shape index (κ3) is 5.27. The lowest BCUT2D eigenvalue weighted by molar-refractivity contribution is -0.385. The second-order valence-corrected chi connectivity index (χ2v) is 7.36. The lowest BCUT2D eigenvalue weighted by Crippen LogP contribution is -2.48. The van der Waals surface area contributed by atoms with Crippen LogP contribution in [0.3, 0.4) is 0 Å². The molecule has 1 amide bonds. The molecule has 0 saturated carbocycles. The molecule has 0 unspecified atom stereocenters. The Labute approximate surface area is 174 Å². The van der Waals surface area contributed by atoms with Crippen LogP contribution < -0.4 is 10.2 Å². The molecule has 1 saturated heterocycles. The van der Waals surface area contributed by atoms with E-state index < -0.39 is 9.85 Å². The first kappa shape index (κ1) is 20.7. The molecule has 0 atom stereocenters. The Kier molecular flexibility index (Phi) is 6.39. The molecule has 10 nitrogen and oxygen atoms in total. The van der Waals surface area contributed by atoms with Gasteiger partial charge in [-0.25, -0.2) is 0 Å². The second kappa shape index (κ2) is 8.97. The smallest absolute Gasteiger partial charge is 0.271 e. The predicted octanol–water partition coefficient (Wildman–Crippen LogP) is 3.03. The van der Waals surface area contributed by atoms with E-state index in [1.54, 1.807) is 12.1 Å². The second-order valence-electron chi connectivity index (χ2n) is 6.51. The van der Waals surface area contributed by atoms with Gasteiger partial charge in [-0.2, -0.15) is 0 Å². The summed E-state index contributed by atoms with van der Waals surface area (Å²) in [5, 5.41) is 24.5. The summed E-state index contributed by atoms with van der Waals surface area (Å²) in [6.07, 6.45) is 0. The van der Waals surface area contributed by atoms with Gasteiger partial charge in [-0.05, 0) is 28.1 Å². The van der Waals surface area contributed by atoms with Crippen molar-refractivity contribution in [1.29, 1.82) is 0 Å². The van der Waals surface area contributed by atoms with E-state index in [0.29, 0.717) is 36.3 Å². The first-order chi connectivity index (χ1) is 13.8. The average Bonchev–Trinajstić information content (AvgIpc) is 2.70. The van der Waals surface area contributed by atoms with Crippen LogP contribution in [0.4, 0.5) is 22.7 Å². The van der Waals surface area contributed by atoms with Crippen molar-refractivity contribution in [2.45, 2.75) is 0 Å². The number of amides is 1. The number of halogens is 1. The normalized spacial score (nSPS) is 14.4. The summed E-state index contributed by atoms with van der Waals surface area (Å²) < 4.78 is 0.440.